The van der Waals surface area contributed by atoms with Gasteiger partial charge >= 0.3 is 0 Å². The average molecular weight is 346 g/mol. The lowest BCUT2D eigenvalue weighted by Gasteiger charge is -2.31. The molecule has 1 unspecified atom stereocenters. The zero-order valence-electron chi connectivity index (χ0n) is 14.3. The Kier molecular flexibility index (Phi) is 5.03. The summed E-state index contributed by atoms with van der Waals surface area (Å²) in [5.41, 5.74) is 7.22. The van der Waals surface area contributed by atoms with Gasteiger partial charge in [0.1, 0.15) is 11.5 Å². The second-order valence-electron chi connectivity index (χ2n) is 6.54. The van der Waals surface area contributed by atoms with E-state index in [1.165, 1.54) is 12.1 Å². The van der Waals surface area contributed by atoms with E-state index in [9.17, 15) is 14.0 Å². The molecule has 1 aromatic heterocycles. The van der Waals surface area contributed by atoms with E-state index >= 15 is 0 Å². The normalized spacial score (nSPS) is 17.7. The van der Waals surface area contributed by atoms with E-state index in [0.717, 1.165) is 23.8 Å². The summed E-state index contributed by atoms with van der Waals surface area (Å²) in [6.07, 6.45) is 1.54. The third-order valence-electron chi connectivity index (χ3n) is 4.66. The molecule has 0 aliphatic carbocycles. The number of hydrogen-bond acceptors (Lipinski definition) is 3. The topological polar surface area (TPSA) is 91.2 Å². The van der Waals surface area contributed by atoms with Gasteiger partial charge in [0, 0.05) is 37.1 Å². The maximum atomic E-state index is 13.5. The molecule has 1 aromatic carbocycles. The average Bonchev–Trinajstić information content (AvgIpc) is 3.03. The Morgan fingerprint density at radius 3 is 2.96 bits per heavy atom. The van der Waals surface area contributed by atoms with Gasteiger partial charge in [0.25, 0.3) is 5.91 Å². The SMILES string of the molecule is Cc1cc(F)cc2[nH]c(C(=O)N3CCCC(C(=O)NCCN)C3)cc12. The molecule has 0 saturated carbocycles. The van der Waals surface area contributed by atoms with E-state index < -0.39 is 0 Å². The fraction of sp³-hybridized carbons (Fsp3) is 0.444. The molecule has 3 rings (SSSR count). The predicted molar refractivity (Wildman–Crippen MR) is 93.7 cm³/mol. The van der Waals surface area contributed by atoms with Crippen LogP contribution >= 0.6 is 0 Å². The van der Waals surface area contributed by atoms with Gasteiger partial charge in [0.05, 0.1) is 5.92 Å². The van der Waals surface area contributed by atoms with Gasteiger partial charge in [-0.3, -0.25) is 9.59 Å². The van der Waals surface area contributed by atoms with Crippen molar-refractivity contribution in [3.63, 3.8) is 0 Å². The molecule has 2 heterocycles. The number of carbonyl (C=O) groups excluding carboxylic acids is 2. The number of carbonyl (C=O) groups is 2. The summed E-state index contributed by atoms with van der Waals surface area (Å²) in [6.45, 7) is 3.65. The smallest absolute Gasteiger partial charge is 0.270 e. The van der Waals surface area contributed by atoms with Crippen molar-refractivity contribution < 1.29 is 14.0 Å². The van der Waals surface area contributed by atoms with E-state index in [-0.39, 0.29) is 23.5 Å². The van der Waals surface area contributed by atoms with Crippen LogP contribution in [-0.2, 0) is 4.79 Å². The fourth-order valence-electron chi connectivity index (χ4n) is 3.38. The molecule has 6 nitrogen and oxygen atoms in total. The highest BCUT2D eigenvalue weighted by Gasteiger charge is 2.29. The molecule has 7 heteroatoms. The third kappa shape index (κ3) is 3.66. The number of aromatic amines is 1. The lowest BCUT2D eigenvalue weighted by Crippen LogP contribution is -2.46. The lowest BCUT2D eigenvalue weighted by atomic mass is 9.97. The zero-order chi connectivity index (χ0) is 18.0. The number of rotatable bonds is 4. The Bertz CT molecular complexity index is 802. The molecule has 0 spiro atoms. The minimum Gasteiger partial charge on any atom is -0.355 e. The Labute approximate surface area is 145 Å². The first-order valence-electron chi connectivity index (χ1n) is 8.55. The van der Waals surface area contributed by atoms with E-state index in [0.29, 0.717) is 37.4 Å². The molecular formula is C18H23FN4O2. The van der Waals surface area contributed by atoms with Gasteiger partial charge in [-0.05, 0) is 43.5 Å². The number of likely N-dealkylation sites (tertiary alicyclic amines) is 1. The molecule has 1 fully saturated rings. The summed E-state index contributed by atoms with van der Waals surface area (Å²) in [4.78, 5) is 29.6. The molecule has 1 saturated heterocycles. The summed E-state index contributed by atoms with van der Waals surface area (Å²) < 4.78 is 13.5. The van der Waals surface area contributed by atoms with Crippen molar-refractivity contribution in [2.75, 3.05) is 26.2 Å². The van der Waals surface area contributed by atoms with Crippen molar-refractivity contribution in [3.05, 3.63) is 35.3 Å². The summed E-state index contributed by atoms with van der Waals surface area (Å²) in [5, 5.41) is 3.62. The minimum atomic E-state index is -0.333. The third-order valence-corrected chi connectivity index (χ3v) is 4.66. The maximum Gasteiger partial charge on any atom is 0.270 e. The van der Waals surface area contributed by atoms with Crippen molar-refractivity contribution in [3.8, 4) is 0 Å². The van der Waals surface area contributed by atoms with Crippen molar-refractivity contribution >= 4 is 22.7 Å². The minimum absolute atomic E-state index is 0.0579. The van der Waals surface area contributed by atoms with E-state index in [2.05, 4.69) is 10.3 Å². The molecular weight excluding hydrogens is 323 g/mol. The molecule has 2 aromatic rings. The van der Waals surface area contributed by atoms with Crippen LogP contribution in [0.5, 0.6) is 0 Å². The summed E-state index contributed by atoms with van der Waals surface area (Å²) in [7, 11) is 0. The number of nitrogens with two attached hydrogens (primary N) is 1. The Hall–Kier alpha value is -2.41. The number of benzene rings is 1. The molecule has 1 aliphatic rings. The Morgan fingerprint density at radius 2 is 2.20 bits per heavy atom. The maximum absolute atomic E-state index is 13.5. The molecule has 2 amide bonds. The van der Waals surface area contributed by atoms with Crippen LogP contribution in [0.1, 0.15) is 28.9 Å². The second-order valence-corrected chi connectivity index (χ2v) is 6.54. The van der Waals surface area contributed by atoms with Crippen molar-refractivity contribution in [1.82, 2.24) is 15.2 Å². The highest BCUT2D eigenvalue weighted by atomic mass is 19.1. The number of nitrogens with one attached hydrogen (secondary N) is 2. The van der Waals surface area contributed by atoms with E-state index in [4.69, 9.17) is 5.73 Å². The summed E-state index contributed by atoms with van der Waals surface area (Å²) in [6, 6.07) is 4.59. The monoisotopic (exact) mass is 346 g/mol. The number of nitrogens with zero attached hydrogens (tertiary/aromatic N) is 1. The quantitative estimate of drug-likeness (QED) is 0.784. The predicted octanol–water partition coefficient (Wildman–Crippen LogP) is 1.54. The van der Waals surface area contributed by atoms with Crippen molar-refractivity contribution in [2.24, 2.45) is 11.7 Å². The van der Waals surface area contributed by atoms with Crippen LogP contribution in [0.15, 0.2) is 18.2 Å². The molecule has 0 radical (unpaired) electrons. The number of fused-ring (bicyclic) bond motifs is 1. The van der Waals surface area contributed by atoms with Gasteiger partial charge in [-0.15, -0.1) is 0 Å². The summed E-state index contributed by atoms with van der Waals surface area (Å²) in [5.74, 6) is -0.766. The molecule has 25 heavy (non-hydrogen) atoms. The number of aryl methyl sites for hydroxylation is 1. The van der Waals surface area contributed by atoms with Gasteiger partial charge in [-0.25, -0.2) is 4.39 Å². The first-order chi connectivity index (χ1) is 12.0. The molecule has 4 N–H and O–H groups in total. The van der Waals surface area contributed by atoms with Gasteiger partial charge < -0.3 is 20.9 Å². The fourth-order valence-corrected chi connectivity index (χ4v) is 3.38. The van der Waals surface area contributed by atoms with E-state index in [1.807, 2.05) is 6.92 Å². The first kappa shape index (κ1) is 17.4. The highest BCUT2D eigenvalue weighted by Crippen LogP contribution is 2.24. The number of halogens is 1. The van der Waals surface area contributed by atoms with Crippen molar-refractivity contribution in [2.45, 2.75) is 19.8 Å². The van der Waals surface area contributed by atoms with Gasteiger partial charge in [-0.1, -0.05) is 0 Å². The Morgan fingerprint density at radius 1 is 1.40 bits per heavy atom. The van der Waals surface area contributed by atoms with Gasteiger partial charge in [0.2, 0.25) is 5.91 Å². The van der Waals surface area contributed by atoms with Crippen molar-refractivity contribution in [1.29, 1.82) is 0 Å². The largest absolute Gasteiger partial charge is 0.355 e. The van der Waals surface area contributed by atoms with Crippen LogP contribution in [0.4, 0.5) is 4.39 Å². The molecule has 1 aliphatic heterocycles. The van der Waals surface area contributed by atoms with Crippen LogP contribution in [0, 0.1) is 18.7 Å². The number of H-pyrrole nitrogens is 1. The lowest BCUT2D eigenvalue weighted by molar-refractivity contribution is -0.126. The standard InChI is InChI=1S/C18H23FN4O2/c1-11-7-13(19)8-15-14(11)9-16(22-15)18(25)23-6-2-3-12(10-23)17(24)21-5-4-20/h7-9,12,22H,2-6,10,20H2,1H3,(H,21,24). The first-order valence-corrected chi connectivity index (χ1v) is 8.55. The molecule has 1 atom stereocenters. The van der Waals surface area contributed by atoms with E-state index in [1.54, 1.807) is 11.0 Å². The number of hydrogen-bond donors (Lipinski definition) is 3. The number of piperidine rings is 1. The highest BCUT2D eigenvalue weighted by molar-refractivity contribution is 5.99. The van der Waals surface area contributed by atoms with Crippen LogP contribution in [0.3, 0.4) is 0 Å². The van der Waals surface area contributed by atoms with Gasteiger partial charge in [-0.2, -0.15) is 0 Å². The molecule has 0 bridgehead atoms. The number of amides is 2. The van der Waals surface area contributed by atoms with Crippen LogP contribution in [0.25, 0.3) is 10.9 Å². The Balaban J connectivity index is 1.76. The molecule has 134 valence electrons. The zero-order valence-corrected chi connectivity index (χ0v) is 14.3. The number of aromatic nitrogens is 1. The van der Waals surface area contributed by atoms with Crippen LogP contribution in [0.2, 0.25) is 0 Å². The summed E-state index contributed by atoms with van der Waals surface area (Å²) >= 11 is 0. The second kappa shape index (κ2) is 7.23. The van der Waals surface area contributed by atoms with Crippen LogP contribution in [-0.4, -0.2) is 47.9 Å². The van der Waals surface area contributed by atoms with Crippen LogP contribution < -0.4 is 11.1 Å². The van der Waals surface area contributed by atoms with Gasteiger partial charge in [0.15, 0.2) is 0 Å².